The van der Waals surface area contributed by atoms with Gasteiger partial charge in [-0.3, -0.25) is 4.72 Å². The molecule has 3 rings (SSSR count). The molecule has 0 saturated carbocycles. The lowest BCUT2D eigenvalue weighted by Gasteiger charge is -2.17. The molecule has 0 fully saturated rings. The number of hydrogen-bond acceptors (Lipinski definition) is 4. The van der Waals surface area contributed by atoms with E-state index in [1.165, 1.54) is 0 Å². The highest BCUT2D eigenvalue weighted by Gasteiger charge is 2.19. The first-order chi connectivity index (χ1) is 11.4. The lowest BCUT2D eigenvalue weighted by molar-refractivity contribution is 0.602. The lowest BCUT2D eigenvalue weighted by Crippen LogP contribution is -2.15. The van der Waals surface area contributed by atoms with Crippen molar-refractivity contribution >= 4 is 32.3 Å². The number of rotatable bonds is 4. The third-order valence-electron chi connectivity index (χ3n) is 3.78. The van der Waals surface area contributed by atoms with Crippen LogP contribution in [0.1, 0.15) is 5.56 Å². The Labute approximate surface area is 142 Å². The summed E-state index contributed by atoms with van der Waals surface area (Å²) in [6.07, 6.45) is 1.58. The number of hydrogen-bond donors (Lipinski definition) is 1. The molecule has 0 aliphatic heterocycles. The highest BCUT2D eigenvalue weighted by atomic mass is 32.2. The van der Waals surface area contributed by atoms with Crippen LogP contribution in [0, 0.1) is 6.92 Å². The van der Waals surface area contributed by atoms with Gasteiger partial charge in [-0.1, -0.05) is 24.3 Å². The van der Waals surface area contributed by atoms with E-state index in [2.05, 4.69) is 9.71 Å². The maximum Gasteiger partial charge on any atom is 0.263 e. The molecule has 1 N–H and O–H groups in total. The number of pyridine rings is 1. The van der Waals surface area contributed by atoms with E-state index >= 15 is 0 Å². The molecule has 2 aromatic carbocycles. The van der Waals surface area contributed by atoms with Crippen LogP contribution in [0.15, 0.2) is 59.6 Å². The van der Waals surface area contributed by atoms with Crippen LogP contribution in [0.25, 0.3) is 10.8 Å². The minimum atomic E-state index is -3.73. The molecule has 0 aliphatic carbocycles. The molecule has 0 radical (unpaired) electrons. The normalized spacial score (nSPS) is 11.5. The third kappa shape index (κ3) is 3.05. The van der Waals surface area contributed by atoms with E-state index in [1.54, 1.807) is 24.4 Å². The van der Waals surface area contributed by atoms with Gasteiger partial charge in [0.05, 0.1) is 4.90 Å². The van der Waals surface area contributed by atoms with Gasteiger partial charge < -0.3 is 4.90 Å². The molecule has 24 heavy (non-hydrogen) atoms. The summed E-state index contributed by atoms with van der Waals surface area (Å²) in [4.78, 5) is 6.29. The second-order valence-electron chi connectivity index (χ2n) is 5.85. The number of benzene rings is 2. The monoisotopic (exact) mass is 341 g/mol. The molecule has 0 aliphatic rings. The quantitative estimate of drug-likeness (QED) is 0.790. The van der Waals surface area contributed by atoms with E-state index in [0.29, 0.717) is 11.2 Å². The van der Waals surface area contributed by atoms with Crippen LogP contribution in [-0.2, 0) is 10.0 Å². The zero-order valence-corrected chi connectivity index (χ0v) is 14.6. The summed E-state index contributed by atoms with van der Waals surface area (Å²) in [6.45, 7) is 1.89. The molecule has 124 valence electrons. The van der Waals surface area contributed by atoms with Crippen LogP contribution in [0.3, 0.4) is 0 Å². The minimum Gasteiger partial charge on any atom is -0.377 e. The van der Waals surface area contributed by atoms with Crippen LogP contribution in [-0.4, -0.2) is 27.5 Å². The molecule has 0 atom stereocenters. The van der Waals surface area contributed by atoms with Gasteiger partial charge in [-0.2, -0.15) is 0 Å². The predicted molar refractivity (Wildman–Crippen MR) is 98.1 cm³/mol. The van der Waals surface area contributed by atoms with Crippen LogP contribution >= 0.6 is 0 Å². The Kier molecular flexibility index (Phi) is 4.15. The Balaban J connectivity index is 2.13. The second kappa shape index (κ2) is 6.13. The molecule has 0 amide bonds. The first-order valence-corrected chi connectivity index (χ1v) is 9.01. The van der Waals surface area contributed by atoms with Crippen molar-refractivity contribution in [2.24, 2.45) is 0 Å². The summed E-state index contributed by atoms with van der Waals surface area (Å²) in [5.41, 5.74) is 1.91. The predicted octanol–water partition coefficient (Wildman–Crippen LogP) is 3.41. The maximum atomic E-state index is 12.8. The van der Waals surface area contributed by atoms with Crippen molar-refractivity contribution < 1.29 is 8.42 Å². The molecule has 1 aromatic heterocycles. The van der Waals surface area contributed by atoms with Gasteiger partial charge in [0, 0.05) is 36.8 Å². The Hall–Kier alpha value is -2.60. The second-order valence-corrected chi connectivity index (χ2v) is 7.50. The molecule has 0 unspecified atom stereocenters. The van der Waals surface area contributed by atoms with Gasteiger partial charge >= 0.3 is 0 Å². The van der Waals surface area contributed by atoms with Crippen molar-refractivity contribution in [3.8, 4) is 0 Å². The number of nitrogens with zero attached hydrogens (tertiary/aromatic N) is 2. The first-order valence-electron chi connectivity index (χ1n) is 7.53. The zero-order chi connectivity index (χ0) is 17.3. The lowest BCUT2D eigenvalue weighted by atomic mass is 10.1. The summed E-state index contributed by atoms with van der Waals surface area (Å²) in [7, 11) is 0.141. The highest BCUT2D eigenvalue weighted by molar-refractivity contribution is 7.93. The maximum absolute atomic E-state index is 12.8. The van der Waals surface area contributed by atoms with Crippen LogP contribution < -0.4 is 9.62 Å². The van der Waals surface area contributed by atoms with Gasteiger partial charge in [-0.25, -0.2) is 13.4 Å². The number of aromatic nitrogens is 1. The topological polar surface area (TPSA) is 62.3 Å². The van der Waals surface area contributed by atoms with E-state index < -0.39 is 10.0 Å². The Bertz CT molecular complexity index is 998. The van der Waals surface area contributed by atoms with E-state index in [4.69, 9.17) is 0 Å². The fourth-order valence-electron chi connectivity index (χ4n) is 2.67. The average molecular weight is 341 g/mol. The van der Waals surface area contributed by atoms with Crippen molar-refractivity contribution in [2.45, 2.75) is 11.8 Å². The summed E-state index contributed by atoms with van der Waals surface area (Å²) < 4.78 is 28.3. The molecule has 3 aromatic rings. The van der Waals surface area contributed by atoms with Gasteiger partial charge in [0.1, 0.15) is 5.82 Å². The van der Waals surface area contributed by atoms with Crippen LogP contribution in [0.4, 0.5) is 11.5 Å². The average Bonchev–Trinajstić information content (AvgIpc) is 2.53. The summed E-state index contributed by atoms with van der Waals surface area (Å²) in [5.74, 6) is 0.316. The van der Waals surface area contributed by atoms with Gasteiger partial charge in [-0.05, 0) is 36.8 Å². The van der Waals surface area contributed by atoms with Gasteiger partial charge in [0.15, 0.2) is 0 Å². The van der Waals surface area contributed by atoms with Crippen molar-refractivity contribution in [2.75, 3.05) is 23.7 Å². The number of anilines is 2. The Morgan fingerprint density at radius 3 is 2.42 bits per heavy atom. The number of nitrogens with one attached hydrogen (secondary N) is 1. The molecule has 5 nitrogen and oxygen atoms in total. The molecular formula is C18H19N3O2S. The van der Waals surface area contributed by atoms with E-state index in [-0.39, 0.29) is 4.90 Å². The number of aryl methyl sites for hydroxylation is 1. The van der Waals surface area contributed by atoms with Crippen molar-refractivity contribution in [3.63, 3.8) is 0 Å². The van der Waals surface area contributed by atoms with E-state index in [1.807, 2.05) is 56.3 Å². The third-order valence-corrected chi connectivity index (χ3v) is 5.20. The number of sulfonamides is 1. The standard InChI is InChI=1S/C18H19N3O2S/c1-13-10-11-19-18(12-13)20-24(22,23)17-9-5-6-14-15(17)7-4-8-16(14)21(2)3/h4-12H,1-3H3,(H,19,20). The summed E-state index contributed by atoms with van der Waals surface area (Å²) in [6, 6.07) is 14.5. The molecule has 0 spiro atoms. The molecule has 0 bridgehead atoms. The SMILES string of the molecule is Cc1ccnc(NS(=O)(=O)c2cccc3c(N(C)C)cccc23)c1. The fraction of sp³-hybridized carbons (Fsp3) is 0.167. The van der Waals surface area contributed by atoms with E-state index in [9.17, 15) is 8.42 Å². The largest absolute Gasteiger partial charge is 0.377 e. The zero-order valence-electron chi connectivity index (χ0n) is 13.8. The summed E-state index contributed by atoms with van der Waals surface area (Å²) >= 11 is 0. The molecular weight excluding hydrogens is 322 g/mol. The smallest absolute Gasteiger partial charge is 0.263 e. The number of fused-ring (bicyclic) bond motifs is 1. The van der Waals surface area contributed by atoms with Gasteiger partial charge in [-0.15, -0.1) is 0 Å². The van der Waals surface area contributed by atoms with Crippen molar-refractivity contribution in [1.82, 2.24) is 4.98 Å². The van der Waals surface area contributed by atoms with Crippen molar-refractivity contribution in [1.29, 1.82) is 0 Å². The Morgan fingerprint density at radius 2 is 1.71 bits per heavy atom. The molecule has 6 heteroatoms. The fourth-order valence-corrected chi connectivity index (χ4v) is 3.90. The van der Waals surface area contributed by atoms with E-state index in [0.717, 1.165) is 16.6 Å². The first kappa shape index (κ1) is 16.3. The van der Waals surface area contributed by atoms with Gasteiger partial charge in [0.2, 0.25) is 0 Å². The highest BCUT2D eigenvalue weighted by Crippen LogP contribution is 2.30. The van der Waals surface area contributed by atoms with Gasteiger partial charge in [0.25, 0.3) is 10.0 Å². The van der Waals surface area contributed by atoms with Crippen LogP contribution in [0.5, 0.6) is 0 Å². The molecule has 1 heterocycles. The molecule has 0 saturated heterocycles. The van der Waals surface area contributed by atoms with Crippen LogP contribution in [0.2, 0.25) is 0 Å². The Morgan fingerprint density at radius 1 is 1.00 bits per heavy atom. The minimum absolute atomic E-state index is 0.243. The summed E-state index contributed by atoms with van der Waals surface area (Å²) in [5, 5.41) is 1.58. The van der Waals surface area contributed by atoms with Crippen molar-refractivity contribution in [3.05, 3.63) is 60.3 Å².